The summed E-state index contributed by atoms with van der Waals surface area (Å²) in [7, 11) is 0. The van der Waals surface area contributed by atoms with Crippen LogP contribution in [-0.4, -0.2) is 19.5 Å². The van der Waals surface area contributed by atoms with Gasteiger partial charge in [-0.05, 0) is 30.3 Å². The van der Waals surface area contributed by atoms with E-state index >= 15 is 0 Å². The van der Waals surface area contributed by atoms with Crippen molar-refractivity contribution in [3.05, 3.63) is 133 Å². The first-order valence-electron chi connectivity index (χ1n) is 21.2. The van der Waals surface area contributed by atoms with Crippen molar-refractivity contribution < 1.29 is 25.0 Å². The van der Waals surface area contributed by atoms with Gasteiger partial charge in [-0.15, -0.1) is 11.3 Å². The Hall–Kier alpha value is -5.85. The molecular weight excluding hydrogens is 573 g/mol. The second kappa shape index (κ2) is 9.32. The summed E-state index contributed by atoms with van der Waals surface area (Å²) in [5.41, 5.74) is 0.323. The van der Waals surface area contributed by atoms with Crippen LogP contribution in [0.15, 0.2) is 138 Å². The Morgan fingerprint density at radius 2 is 1.38 bits per heavy atom. The van der Waals surface area contributed by atoms with E-state index in [0.717, 1.165) is 21.3 Å². The van der Waals surface area contributed by atoms with Crippen LogP contribution in [0.25, 0.3) is 92.6 Å². The zero-order valence-corrected chi connectivity index (χ0v) is 23.5. The number of rotatable bonds is 3. The second-order valence-electron chi connectivity index (χ2n) is 10.1. The molecule has 0 fully saturated rings. The molecule has 0 saturated heterocycles. The highest BCUT2D eigenvalue weighted by Crippen LogP contribution is 2.43. The van der Waals surface area contributed by atoms with Crippen molar-refractivity contribution in [3.63, 3.8) is 0 Å². The molecule has 0 atom stereocenters. The standard InChI is InChI=1S/C39H22N4OS/c1-2-11-23(12-3-1)37-40-38(29-17-10-16-26-24-13-5-8-19-32(24)44-35(26)29)42-39(41-37)43-30-18-7-4-15-28(30)34-31(43)22-21-27-25-14-6-9-20-33(25)45-36(27)34/h1-22H/i1D,2D,3D,4D,6D,7D,9D,11D,12D,14D,15D,18D,20D,21D,22D. The van der Waals surface area contributed by atoms with E-state index in [0.29, 0.717) is 16.6 Å². The maximum absolute atomic E-state index is 9.50. The SMILES string of the molecule is [2H]c1c([2H])c([2H])c(-c2nc(-c3cccc4c3oc3ccccc34)nc(-n3c4c([2H])c([2H])c([2H])c([2H])c4c4c5sc6c([2H])c([2H])c([2H])c([2H])c6c5c([2H])c([2H])c43)n2)c([2H])c1[2H]. The summed E-state index contributed by atoms with van der Waals surface area (Å²) in [6, 6.07) is 3.85. The van der Waals surface area contributed by atoms with E-state index in [-0.39, 0.29) is 59.4 Å². The molecular formula is C39H22N4OS. The van der Waals surface area contributed by atoms with Gasteiger partial charge in [0.25, 0.3) is 0 Å². The van der Waals surface area contributed by atoms with Gasteiger partial charge in [0, 0.05) is 47.3 Å². The van der Waals surface area contributed by atoms with Gasteiger partial charge in [0.2, 0.25) is 5.95 Å². The van der Waals surface area contributed by atoms with E-state index < -0.39 is 102 Å². The molecule has 10 aromatic rings. The monoisotopic (exact) mass is 609 g/mol. The van der Waals surface area contributed by atoms with Crippen molar-refractivity contribution in [1.82, 2.24) is 19.5 Å². The molecule has 0 bridgehead atoms. The van der Waals surface area contributed by atoms with E-state index in [1.807, 2.05) is 18.2 Å². The topological polar surface area (TPSA) is 56.7 Å². The fourth-order valence-electron chi connectivity index (χ4n) is 5.76. The Bertz CT molecular complexity index is 3610. The van der Waals surface area contributed by atoms with Crippen LogP contribution in [0.4, 0.5) is 0 Å². The predicted octanol–water partition coefficient (Wildman–Crippen LogP) is 10.6. The number of hydrogen-bond acceptors (Lipinski definition) is 5. The normalized spacial score (nSPS) is 16.7. The van der Waals surface area contributed by atoms with Gasteiger partial charge < -0.3 is 4.42 Å². The van der Waals surface area contributed by atoms with E-state index in [1.165, 1.54) is 0 Å². The molecule has 0 saturated carbocycles. The van der Waals surface area contributed by atoms with Crippen LogP contribution < -0.4 is 0 Å². The zero-order valence-electron chi connectivity index (χ0n) is 37.6. The molecule has 4 aromatic heterocycles. The van der Waals surface area contributed by atoms with Crippen LogP contribution in [0.5, 0.6) is 0 Å². The lowest BCUT2D eigenvalue weighted by Gasteiger charge is -2.11. The van der Waals surface area contributed by atoms with Crippen LogP contribution in [0.1, 0.15) is 20.6 Å². The number of thiophene rings is 1. The maximum Gasteiger partial charge on any atom is 0.238 e. The van der Waals surface area contributed by atoms with Gasteiger partial charge in [-0.3, -0.25) is 4.57 Å². The Kier molecular flexibility index (Phi) is 2.96. The number of benzene rings is 6. The molecule has 4 heterocycles. The number of aromatic nitrogens is 4. The fourth-order valence-corrected chi connectivity index (χ4v) is 6.87. The van der Waals surface area contributed by atoms with Gasteiger partial charge >= 0.3 is 0 Å². The van der Waals surface area contributed by atoms with Gasteiger partial charge in [0.05, 0.1) is 37.2 Å². The number of hydrogen-bond donors (Lipinski definition) is 0. The Balaban J connectivity index is 1.44. The molecule has 0 radical (unpaired) electrons. The van der Waals surface area contributed by atoms with Crippen LogP contribution >= 0.6 is 11.3 Å². The molecule has 6 aromatic carbocycles. The summed E-state index contributed by atoms with van der Waals surface area (Å²) in [6.45, 7) is 0. The first kappa shape index (κ1) is 14.3. The first-order chi connectivity index (χ1) is 28.5. The Morgan fingerprint density at radius 1 is 0.600 bits per heavy atom. The molecule has 10 rings (SSSR count). The summed E-state index contributed by atoms with van der Waals surface area (Å²) < 4.78 is 139. The van der Waals surface area contributed by atoms with E-state index in [1.54, 1.807) is 24.3 Å². The molecule has 0 aliphatic heterocycles. The van der Waals surface area contributed by atoms with Gasteiger partial charge in [0.15, 0.2) is 11.6 Å². The summed E-state index contributed by atoms with van der Waals surface area (Å²) in [6.07, 6.45) is 0. The third-order valence-corrected chi connectivity index (χ3v) is 8.78. The van der Waals surface area contributed by atoms with E-state index in [4.69, 9.17) is 24.5 Å². The number of nitrogens with zero attached hydrogens (tertiary/aromatic N) is 4. The summed E-state index contributed by atoms with van der Waals surface area (Å²) >= 11 is 0.883. The first-order valence-corrected chi connectivity index (χ1v) is 14.5. The summed E-state index contributed by atoms with van der Waals surface area (Å²) in [5, 5.41) is 1.31. The third-order valence-electron chi connectivity index (χ3n) is 7.66. The molecule has 45 heavy (non-hydrogen) atoms. The number of para-hydroxylation sites is 3. The zero-order chi connectivity index (χ0) is 42.5. The predicted molar refractivity (Wildman–Crippen MR) is 185 cm³/mol. The largest absolute Gasteiger partial charge is 0.455 e. The third kappa shape index (κ3) is 3.57. The Morgan fingerprint density at radius 3 is 2.31 bits per heavy atom. The minimum Gasteiger partial charge on any atom is -0.455 e. The molecule has 6 heteroatoms. The fraction of sp³-hybridized carbons (Fsp3) is 0. The van der Waals surface area contributed by atoms with Crippen molar-refractivity contribution in [2.75, 3.05) is 0 Å². The lowest BCUT2D eigenvalue weighted by Crippen LogP contribution is -2.06. The number of furan rings is 1. The molecule has 0 spiro atoms. The Labute approximate surface area is 281 Å². The smallest absolute Gasteiger partial charge is 0.238 e. The quantitative estimate of drug-likeness (QED) is 0.200. The van der Waals surface area contributed by atoms with Crippen LogP contribution in [0.3, 0.4) is 0 Å². The average molecular weight is 610 g/mol. The highest BCUT2D eigenvalue weighted by molar-refractivity contribution is 7.26. The highest BCUT2D eigenvalue weighted by atomic mass is 32.1. The van der Waals surface area contributed by atoms with Crippen LogP contribution in [0.2, 0.25) is 0 Å². The number of fused-ring (bicyclic) bond motifs is 10. The minimum absolute atomic E-state index is 0.0151. The molecule has 5 nitrogen and oxygen atoms in total. The van der Waals surface area contributed by atoms with Gasteiger partial charge in [-0.2, -0.15) is 9.97 Å². The molecule has 0 amide bonds. The molecule has 0 aliphatic carbocycles. The van der Waals surface area contributed by atoms with Crippen molar-refractivity contribution in [2.45, 2.75) is 0 Å². The lowest BCUT2D eigenvalue weighted by molar-refractivity contribution is 0.669. The maximum atomic E-state index is 9.50. The summed E-state index contributed by atoms with van der Waals surface area (Å²) in [4.78, 5) is 14.1. The van der Waals surface area contributed by atoms with Crippen molar-refractivity contribution in [2.24, 2.45) is 0 Å². The lowest BCUT2D eigenvalue weighted by atomic mass is 10.1. The van der Waals surface area contributed by atoms with Gasteiger partial charge in [-0.25, -0.2) is 4.98 Å². The highest BCUT2D eigenvalue weighted by Gasteiger charge is 2.22. The van der Waals surface area contributed by atoms with Crippen LogP contribution in [0, 0.1) is 0 Å². The van der Waals surface area contributed by atoms with Crippen LogP contribution in [-0.2, 0) is 0 Å². The second-order valence-corrected chi connectivity index (χ2v) is 11.1. The molecule has 0 aliphatic rings. The average Bonchev–Trinajstić information content (AvgIpc) is 3.95. The molecule has 0 unspecified atom stereocenters. The van der Waals surface area contributed by atoms with Gasteiger partial charge in [-0.1, -0.05) is 103 Å². The van der Waals surface area contributed by atoms with Gasteiger partial charge in [0.1, 0.15) is 11.2 Å². The van der Waals surface area contributed by atoms with E-state index in [9.17, 15) is 5.48 Å². The van der Waals surface area contributed by atoms with Crippen molar-refractivity contribution >= 4 is 75.3 Å². The minimum atomic E-state index is -0.673. The van der Waals surface area contributed by atoms with E-state index in [2.05, 4.69) is 9.97 Å². The van der Waals surface area contributed by atoms with Crippen molar-refractivity contribution in [3.8, 4) is 28.7 Å². The molecule has 210 valence electrons. The molecule has 0 N–H and O–H groups in total. The van der Waals surface area contributed by atoms with Crippen molar-refractivity contribution in [1.29, 1.82) is 0 Å². The summed E-state index contributed by atoms with van der Waals surface area (Å²) in [5.74, 6) is -0.954.